The molecule has 0 fully saturated rings. The monoisotopic (exact) mass is 268 g/mol. The number of nitrogens with one attached hydrogen (secondary N) is 2. The normalized spacial score (nSPS) is 10.1. The highest BCUT2D eigenvalue weighted by molar-refractivity contribution is 6.28. The molecule has 0 radical (unpaired) electrons. The molecule has 0 saturated heterocycles. The van der Waals surface area contributed by atoms with Crippen molar-refractivity contribution in [1.29, 1.82) is 0 Å². The maximum Gasteiger partial charge on any atom is 0.258 e. The fourth-order valence-corrected chi connectivity index (χ4v) is 1.24. The van der Waals surface area contributed by atoms with Crippen LogP contribution in [0.2, 0.25) is 5.28 Å². The van der Waals surface area contributed by atoms with E-state index in [1.165, 1.54) is 24.4 Å². The topological polar surface area (TPSA) is 111 Å². The Morgan fingerprint density at radius 2 is 2.28 bits per heavy atom. The van der Waals surface area contributed by atoms with Crippen LogP contribution in [0.25, 0.3) is 5.95 Å². The maximum atomic E-state index is 11.1. The summed E-state index contributed by atoms with van der Waals surface area (Å²) in [5.41, 5.74) is 0. The zero-order valence-corrected chi connectivity index (χ0v) is 10.1. The average molecular weight is 269 g/mol. The molecule has 0 aliphatic carbocycles. The number of aromatic nitrogens is 6. The van der Waals surface area contributed by atoms with Crippen molar-refractivity contribution in [2.45, 2.75) is 0 Å². The summed E-state index contributed by atoms with van der Waals surface area (Å²) in [5.74, 6) is 0.199. The highest BCUT2D eigenvalue weighted by Gasteiger charge is 2.08. The summed E-state index contributed by atoms with van der Waals surface area (Å²) in [6.07, 6.45) is 2.77. The first-order valence-electron chi connectivity index (χ1n) is 4.90. The largest absolute Gasteiger partial charge is 0.358 e. The second-order valence-electron chi connectivity index (χ2n) is 3.09. The van der Waals surface area contributed by atoms with Gasteiger partial charge in [-0.2, -0.15) is 24.7 Å². The average Bonchev–Trinajstić information content (AvgIpc) is 2.89. The number of hydrogen-bond donors (Lipinski definition) is 2. The number of halogens is 1. The van der Waals surface area contributed by atoms with Crippen molar-refractivity contribution in [2.75, 3.05) is 18.9 Å². The Balaban J connectivity index is 2.19. The molecule has 0 aliphatic heterocycles. The Labute approximate surface area is 107 Å². The predicted molar refractivity (Wildman–Crippen MR) is 62.3 cm³/mol. The van der Waals surface area contributed by atoms with Crippen LogP contribution in [0.5, 0.6) is 0 Å². The standard InChI is InChI=1S/C8H9ClN8O/c1-10-5(18)2-12-7-14-6(9)15-8(16-7)17-4-11-3-13-17/h3-4H,2H2,1H3,(H,10,18)(H,12,14,15,16). The van der Waals surface area contributed by atoms with Gasteiger partial charge in [-0.15, -0.1) is 0 Å². The van der Waals surface area contributed by atoms with Gasteiger partial charge in [0.15, 0.2) is 0 Å². The Bertz CT molecular complexity index is 542. The first kappa shape index (κ1) is 12.2. The lowest BCUT2D eigenvalue weighted by atomic mass is 10.6. The molecule has 2 aromatic rings. The summed E-state index contributed by atoms with van der Waals surface area (Å²) < 4.78 is 1.33. The molecule has 94 valence electrons. The molecular formula is C8H9ClN8O. The summed E-state index contributed by atoms with van der Waals surface area (Å²) in [6.45, 7) is 0.0354. The number of anilines is 1. The molecule has 0 spiro atoms. The van der Waals surface area contributed by atoms with Gasteiger partial charge in [-0.25, -0.2) is 4.98 Å². The van der Waals surface area contributed by atoms with E-state index < -0.39 is 0 Å². The smallest absolute Gasteiger partial charge is 0.258 e. The van der Waals surface area contributed by atoms with Crippen LogP contribution in [0.4, 0.5) is 5.95 Å². The van der Waals surface area contributed by atoms with Crippen molar-refractivity contribution in [3.05, 3.63) is 17.9 Å². The fourth-order valence-electron chi connectivity index (χ4n) is 1.08. The van der Waals surface area contributed by atoms with Crippen LogP contribution >= 0.6 is 11.6 Å². The van der Waals surface area contributed by atoms with E-state index in [-0.39, 0.29) is 29.6 Å². The number of likely N-dealkylation sites (N-methyl/N-ethyl adjacent to an activating group) is 1. The van der Waals surface area contributed by atoms with Gasteiger partial charge in [-0.3, -0.25) is 4.79 Å². The molecule has 1 amide bonds. The number of rotatable bonds is 4. The summed E-state index contributed by atoms with van der Waals surface area (Å²) in [6, 6.07) is 0. The van der Waals surface area contributed by atoms with Crippen molar-refractivity contribution in [3.8, 4) is 5.95 Å². The minimum Gasteiger partial charge on any atom is -0.358 e. The lowest BCUT2D eigenvalue weighted by Crippen LogP contribution is -2.27. The van der Waals surface area contributed by atoms with Gasteiger partial charge in [-0.05, 0) is 11.6 Å². The number of carbonyl (C=O) groups is 1. The summed E-state index contributed by atoms with van der Waals surface area (Å²) >= 11 is 5.75. The summed E-state index contributed by atoms with van der Waals surface area (Å²) in [4.78, 5) is 26.6. The third-order valence-electron chi connectivity index (χ3n) is 1.91. The predicted octanol–water partition coefficient (Wildman–Crippen LogP) is -0.736. The van der Waals surface area contributed by atoms with Gasteiger partial charge < -0.3 is 10.6 Å². The SMILES string of the molecule is CNC(=O)CNc1nc(Cl)nc(-n2cncn2)n1. The van der Waals surface area contributed by atoms with E-state index in [0.29, 0.717) is 0 Å². The van der Waals surface area contributed by atoms with Crippen LogP contribution in [0, 0.1) is 0 Å². The summed E-state index contributed by atoms with van der Waals surface area (Å²) in [7, 11) is 1.53. The van der Waals surface area contributed by atoms with E-state index >= 15 is 0 Å². The van der Waals surface area contributed by atoms with E-state index in [4.69, 9.17) is 11.6 Å². The van der Waals surface area contributed by atoms with Gasteiger partial charge in [0.1, 0.15) is 12.7 Å². The number of amides is 1. The molecule has 2 heterocycles. The first-order valence-corrected chi connectivity index (χ1v) is 5.28. The van der Waals surface area contributed by atoms with Gasteiger partial charge in [0, 0.05) is 7.05 Å². The van der Waals surface area contributed by atoms with Gasteiger partial charge in [0.2, 0.25) is 17.1 Å². The van der Waals surface area contributed by atoms with Crippen LogP contribution in [-0.4, -0.2) is 49.2 Å². The second-order valence-corrected chi connectivity index (χ2v) is 3.43. The van der Waals surface area contributed by atoms with E-state index in [2.05, 4.69) is 35.7 Å². The minimum atomic E-state index is -0.200. The lowest BCUT2D eigenvalue weighted by molar-refractivity contribution is -0.118. The van der Waals surface area contributed by atoms with Crippen LogP contribution in [0.1, 0.15) is 0 Å². The van der Waals surface area contributed by atoms with Crippen LogP contribution < -0.4 is 10.6 Å². The molecule has 2 aromatic heterocycles. The quantitative estimate of drug-likeness (QED) is 0.751. The van der Waals surface area contributed by atoms with E-state index in [9.17, 15) is 4.79 Å². The first-order chi connectivity index (χ1) is 8.69. The van der Waals surface area contributed by atoms with Crippen LogP contribution in [0.3, 0.4) is 0 Å². The molecule has 0 aliphatic rings. The zero-order chi connectivity index (χ0) is 13.0. The van der Waals surface area contributed by atoms with Gasteiger partial charge >= 0.3 is 0 Å². The minimum absolute atomic E-state index is 0.00472. The van der Waals surface area contributed by atoms with E-state index in [1.54, 1.807) is 0 Å². The molecule has 0 saturated carbocycles. The fraction of sp³-hybridized carbons (Fsp3) is 0.250. The van der Waals surface area contributed by atoms with Crippen molar-refractivity contribution < 1.29 is 4.79 Å². The summed E-state index contributed by atoms with van der Waals surface area (Å²) in [5, 5.41) is 9.04. The van der Waals surface area contributed by atoms with Crippen molar-refractivity contribution in [1.82, 2.24) is 35.0 Å². The Hall–Kier alpha value is -2.29. The molecule has 10 heteroatoms. The maximum absolute atomic E-state index is 11.1. The van der Waals surface area contributed by atoms with Crippen molar-refractivity contribution in [2.24, 2.45) is 0 Å². The van der Waals surface area contributed by atoms with Gasteiger partial charge in [0.25, 0.3) is 5.95 Å². The zero-order valence-electron chi connectivity index (χ0n) is 9.33. The lowest BCUT2D eigenvalue weighted by Gasteiger charge is -2.05. The van der Waals surface area contributed by atoms with Crippen molar-refractivity contribution >= 4 is 23.5 Å². The molecule has 9 nitrogen and oxygen atoms in total. The second kappa shape index (κ2) is 5.36. The van der Waals surface area contributed by atoms with E-state index in [0.717, 1.165) is 0 Å². The van der Waals surface area contributed by atoms with Gasteiger partial charge in [0.05, 0.1) is 6.54 Å². The Kier molecular flexibility index (Phi) is 3.63. The van der Waals surface area contributed by atoms with Crippen LogP contribution in [-0.2, 0) is 4.79 Å². The number of hydrogen-bond acceptors (Lipinski definition) is 7. The molecule has 0 unspecified atom stereocenters. The highest BCUT2D eigenvalue weighted by Crippen LogP contribution is 2.07. The van der Waals surface area contributed by atoms with Crippen LogP contribution in [0.15, 0.2) is 12.7 Å². The van der Waals surface area contributed by atoms with Gasteiger partial charge in [-0.1, -0.05) is 0 Å². The third-order valence-corrected chi connectivity index (χ3v) is 2.07. The number of carbonyl (C=O) groups excluding carboxylic acids is 1. The molecule has 0 aromatic carbocycles. The Morgan fingerprint density at radius 3 is 2.94 bits per heavy atom. The molecule has 0 bridgehead atoms. The molecule has 0 atom stereocenters. The Morgan fingerprint density at radius 1 is 1.44 bits per heavy atom. The highest BCUT2D eigenvalue weighted by atomic mass is 35.5. The van der Waals surface area contributed by atoms with E-state index in [1.807, 2.05) is 0 Å². The molecule has 2 N–H and O–H groups in total. The third kappa shape index (κ3) is 2.88. The number of nitrogens with zero attached hydrogens (tertiary/aromatic N) is 6. The molecule has 18 heavy (non-hydrogen) atoms. The molecule has 2 rings (SSSR count). The van der Waals surface area contributed by atoms with Crippen molar-refractivity contribution in [3.63, 3.8) is 0 Å². The molecular weight excluding hydrogens is 260 g/mol.